The van der Waals surface area contributed by atoms with Crippen molar-refractivity contribution >= 4 is 32.8 Å². The summed E-state index contributed by atoms with van der Waals surface area (Å²) in [5.74, 6) is 0.803. The lowest BCUT2D eigenvalue weighted by molar-refractivity contribution is -0.129. The van der Waals surface area contributed by atoms with Crippen molar-refractivity contribution in [3.05, 3.63) is 63.8 Å². The normalized spacial score (nSPS) is 10.9. The van der Waals surface area contributed by atoms with Crippen LogP contribution in [0.5, 0.6) is 5.75 Å². The first-order valence-electron chi connectivity index (χ1n) is 8.01. The van der Waals surface area contributed by atoms with Crippen LogP contribution in [-0.4, -0.2) is 25.0 Å². The third-order valence-corrected chi connectivity index (χ3v) is 4.72. The molecule has 0 saturated carbocycles. The topological polar surface area (TPSA) is 42.7 Å². The van der Waals surface area contributed by atoms with E-state index >= 15 is 0 Å². The highest BCUT2D eigenvalue weighted by molar-refractivity contribution is 9.10. The van der Waals surface area contributed by atoms with Crippen molar-refractivity contribution in [3.63, 3.8) is 0 Å². The highest BCUT2D eigenvalue weighted by Crippen LogP contribution is 2.25. The summed E-state index contributed by atoms with van der Waals surface area (Å²) >= 11 is 3.46. The molecule has 4 nitrogen and oxygen atoms in total. The highest BCUT2D eigenvalue weighted by atomic mass is 79.9. The number of halogens is 1. The van der Waals surface area contributed by atoms with Gasteiger partial charge in [0.25, 0.3) is 0 Å². The molecule has 5 heteroatoms. The minimum Gasteiger partial charge on any atom is -0.496 e. The minimum atomic E-state index is 0.0327. The molecule has 0 aliphatic carbocycles. The number of aryl methyl sites for hydroxylation is 1. The Bertz CT molecular complexity index is 916. The average molecular weight is 402 g/mol. The van der Waals surface area contributed by atoms with Crippen LogP contribution < -0.4 is 4.74 Å². The Morgan fingerprint density at radius 3 is 2.76 bits per heavy atom. The van der Waals surface area contributed by atoms with Crippen molar-refractivity contribution in [2.45, 2.75) is 19.9 Å². The molecule has 130 valence electrons. The lowest BCUT2D eigenvalue weighted by Crippen LogP contribution is -2.27. The largest absolute Gasteiger partial charge is 0.496 e. The zero-order chi connectivity index (χ0) is 18.0. The van der Waals surface area contributed by atoms with Crippen molar-refractivity contribution in [2.75, 3.05) is 14.2 Å². The summed E-state index contributed by atoms with van der Waals surface area (Å²) in [5, 5.41) is 0.993. The fourth-order valence-electron chi connectivity index (χ4n) is 2.84. The molecule has 0 aliphatic rings. The minimum absolute atomic E-state index is 0.0327. The first kappa shape index (κ1) is 17.5. The van der Waals surface area contributed by atoms with Gasteiger partial charge in [-0.1, -0.05) is 28.1 Å². The maximum absolute atomic E-state index is 12.6. The maximum Gasteiger partial charge on any atom is 0.227 e. The number of rotatable bonds is 5. The molecule has 0 aliphatic heterocycles. The molecular weight excluding hydrogens is 382 g/mol. The number of hydrogen-bond acceptors (Lipinski definition) is 3. The number of benzene rings is 2. The Hall–Kier alpha value is -2.27. The third-order valence-electron chi connectivity index (χ3n) is 4.23. The first-order valence-corrected chi connectivity index (χ1v) is 8.80. The Kier molecular flexibility index (Phi) is 5.13. The lowest BCUT2D eigenvalue weighted by Gasteiger charge is -2.19. The van der Waals surface area contributed by atoms with E-state index in [1.807, 2.05) is 43.3 Å². The molecule has 0 fully saturated rings. The Labute approximate surface area is 155 Å². The molecule has 0 bridgehead atoms. The number of hydrogen-bond donors (Lipinski definition) is 0. The van der Waals surface area contributed by atoms with Crippen LogP contribution in [0.3, 0.4) is 0 Å². The van der Waals surface area contributed by atoms with Crippen molar-refractivity contribution < 1.29 is 13.9 Å². The second-order valence-corrected chi connectivity index (χ2v) is 7.06. The van der Waals surface area contributed by atoms with E-state index in [0.29, 0.717) is 13.0 Å². The Morgan fingerprint density at radius 1 is 1.20 bits per heavy atom. The van der Waals surface area contributed by atoms with Gasteiger partial charge in [0.05, 0.1) is 19.8 Å². The van der Waals surface area contributed by atoms with E-state index in [4.69, 9.17) is 9.15 Å². The monoisotopic (exact) mass is 401 g/mol. The fraction of sp³-hybridized carbons (Fsp3) is 0.250. The van der Waals surface area contributed by atoms with E-state index in [-0.39, 0.29) is 5.91 Å². The van der Waals surface area contributed by atoms with Crippen LogP contribution in [0.25, 0.3) is 11.0 Å². The van der Waals surface area contributed by atoms with Gasteiger partial charge in [-0.15, -0.1) is 0 Å². The quantitative estimate of drug-likeness (QED) is 0.621. The molecule has 3 rings (SSSR count). The standard InChI is InChI=1S/C20H20BrNO3/c1-13-4-6-17-15(12-25-19(17)8-13)10-20(23)22(2)11-14-9-16(21)5-7-18(14)24-3/h4-9,12H,10-11H2,1-3H3. The molecule has 0 N–H and O–H groups in total. The molecule has 0 saturated heterocycles. The van der Waals surface area contributed by atoms with Crippen LogP contribution >= 0.6 is 15.9 Å². The third kappa shape index (κ3) is 3.87. The second kappa shape index (κ2) is 7.31. The van der Waals surface area contributed by atoms with E-state index in [2.05, 4.69) is 15.9 Å². The fourth-order valence-corrected chi connectivity index (χ4v) is 3.25. The van der Waals surface area contributed by atoms with Crippen LogP contribution in [0.2, 0.25) is 0 Å². The van der Waals surface area contributed by atoms with Crippen LogP contribution in [-0.2, 0) is 17.8 Å². The van der Waals surface area contributed by atoms with E-state index < -0.39 is 0 Å². The van der Waals surface area contributed by atoms with E-state index in [0.717, 1.165) is 37.9 Å². The van der Waals surface area contributed by atoms with E-state index in [9.17, 15) is 4.79 Å². The van der Waals surface area contributed by atoms with Gasteiger partial charge in [0.2, 0.25) is 5.91 Å². The predicted octanol–water partition coefficient (Wildman–Crippen LogP) is 4.71. The summed E-state index contributed by atoms with van der Waals surface area (Å²) < 4.78 is 11.9. The molecule has 0 atom stereocenters. The van der Waals surface area contributed by atoms with E-state index in [1.165, 1.54) is 0 Å². The van der Waals surface area contributed by atoms with Crippen molar-refractivity contribution in [1.82, 2.24) is 4.90 Å². The number of carbonyl (C=O) groups excluding carboxylic acids is 1. The van der Waals surface area contributed by atoms with Gasteiger partial charge in [0.1, 0.15) is 11.3 Å². The van der Waals surface area contributed by atoms with Gasteiger partial charge in [0, 0.05) is 34.6 Å². The van der Waals surface area contributed by atoms with Crippen LogP contribution in [0.15, 0.2) is 51.6 Å². The maximum atomic E-state index is 12.6. The number of nitrogens with zero attached hydrogens (tertiary/aromatic N) is 1. The van der Waals surface area contributed by atoms with Crippen molar-refractivity contribution in [2.24, 2.45) is 0 Å². The molecule has 2 aromatic carbocycles. The van der Waals surface area contributed by atoms with Gasteiger partial charge in [-0.25, -0.2) is 0 Å². The van der Waals surface area contributed by atoms with Crippen molar-refractivity contribution in [3.8, 4) is 5.75 Å². The molecular formula is C20H20BrNO3. The van der Waals surface area contributed by atoms with Gasteiger partial charge >= 0.3 is 0 Å². The Balaban J connectivity index is 1.75. The van der Waals surface area contributed by atoms with Gasteiger partial charge in [-0.2, -0.15) is 0 Å². The molecule has 3 aromatic rings. The van der Waals surface area contributed by atoms with Crippen LogP contribution in [0.1, 0.15) is 16.7 Å². The first-order chi connectivity index (χ1) is 12.0. The van der Waals surface area contributed by atoms with Crippen LogP contribution in [0.4, 0.5) is 0 Å². The zero-order valence-corrected chi connectivity index (χ0v) is 16.1. The summed E-state index contributed by atoms with van der Waals surface area (Å²) in [6.45, 7) is 2.50. The molecule has 1 aromatic heterocycles. The van der Waals surface area contributed by atoms with Gasteiger partial charge in [0.15, 0.2) is 0 Å². The molecule has 25 heavy (non-hydrogen) atoms. The summed E-state index contributed by atoms with van der Waals surface area (Å²) in [5.41, 5.74) is 3.83. The summed E-state index contributed by atoms with van der Waals surface area (Å²) in [6, 6.07) is 11.8. The van der Waals surface area contributed by atoms with Gasteiger partial charge in [-0.05, 0) is 36.8 Å². The zero-order valence-electron chi connectivity index (χ0n) is 14.5. The molecule has 1 amide bonds. The average Bonchev–Trinajstić information content (AvgIpc) is 2.97. The van der Waals surface area contributed by atoms with Crippen molar-refractivity contribution in [1.29, 1.82) is 0 Å². The summed E-state index contributed by atoms with van der Waals surface area (Å²) in [7, 11) is 3.43. The number of fused-ring (bicyclic) bond motifs is 1. The summed E-state index contributed by atoms with van der Waals surface area (Å²) in [4.78, 5) is 14.3. The number of likely N-dealkylation sites (N-methyl/N-ethyl adjacent to an activating group) is 1. The van der Waals surface area contributed by atoms with E-state index in [1.54, 1.807) is 25.3 Å². The molecule has 0 unspecified atom stereocenters. The molecule has 0 radical (unpaired) electrons. The molecule has 1 heterocycles. The second-order valence-electron chi connectivity index (χ2n) is 6.14. The predicted molar refractivity (Wildman–Crippen MR) is 102 cm³/mol. The smallest absolute Gasteiger partial charge is 0.227 e. The SMILES string of the molecule is COc1ccc(Br)cc1CN(C)C(=O)Cc1coc2cc(C)ccc12. The summed E-state index contributed by atoms with van der Waals surface area (Å²) in [6.07, 6.45) is 1.98. The highest BCUT2D eigenvalue weighted by Gasteiger charge is 2.16. The number of carbonyl (C=O) groups is 1. The number of amides is 1. The molecule has 0 spiro atoms. The van der Waals surface area contributed by atoms with Gasteiger partial charge in [-0.3, -0.25) is 4.79 Å². The van der Waals surface area contributed by atoms with Gasteiger partial charge < -0.3 is 14.1 Å². The number of furan rings is 1. The number of ether oxygens (including phenoxy) is 1. The Morgan fingerprint density at radius 2 is 2.00 bits per heavy atom. The number of methoxy groups -OCH3 is 1. The van der Waals surface area contributed by atoms with Crippen LogP contribution in [0, 0.1) is 6.92 Å². The lowest BCUT2D eigenvalue weighted by atomic mass is 10.1.